The third kappa shape index (κ3) is 5.47. The van der Waals surface area contributed by atoms with Gasteiger partial charge in [-0.1, -0.05) is 18.2 Å². The minimum Gasteiger partial charge on any atom is -0.495 e. The summed E-state index contributed by atoms with van der Waals surface area (Å²) >= 11 is 1.64. The molecule has 8 heteroatoms. The third-order valence-corrected chi connectivity index (χ3v) is 6.57. The van der Waals surface area contributed by atoms with E-state index in [1.165, 1.54) is 19.2 Å². The van der Waals surface area contributed by atoms with Gasteiger partial charge in [-0.05, 0) is 43.2 Å². The quantitative estimate of drug-likeness (QED) is 0.494. The Kier molecular flexibility index (Phi) is 6.41. The maximum Gasteiger partial charge on any atom is 0.251 e. The molecular formula is C19H22N2O4S2. The molecule has 3 rings (SSSR count). The van der Waals surface area contributed by atoms with Gasteiger partial charge in [-0.25, -0.2) is 13.1 Å². The van der Waals surface area contributed by atoms with E-state index in [9.17, 15) is 13.2 Å². The van der Waals surface area contributed by atoms with Gasteiger partial charge < -0.3 is 10.1 Å². The summed E-state index contributed by atoms with van der Waals surface area (Å²) in [4.78, 5) is 13.5. The average Bonchev–Trinajstić information content (AvgIpc) is 3.48. The lowest BCUT2D eigenvalue weighted by atomic mass is 10.2. The second-order valence-electron chi connectivity index (χ2n) is 6.18. The molecular weight excluding hydrogens is 384 g/mol. The highest BCUT2D eigenvalue weighted by molar-refractivity contribution is 7.99. The number of carbonyl (C=O) groups excluding carboxylic acids is 1. The van der Waals surface area contributed by atoms with E-state index in [-0.39, 0.29) is 28.2 Å². The molecule has 27 heavy (non-hydrogen) atoms. The summed E-state index contributed by atoms with van der Waals surface area (Å²) in [5.41, 5.74) is 0.289. The van der Waals surface area contributed by atoms with Crippen molar-refractivity contribution in [1.29, 1.82) is 0 Å². The summed E-state index contributed by atoms with van der Waals surface area (Å²) in [6, 6.07) is 14.3. The Hall–Kier alpha value is -2.03. The number of hydrogen-bond acceptors (Lipinski definition) is 5. The molecule has 1 amide bonds. The van der Waals surface area contributed by atoms with Crippen molar-refractivity contribution >= 4 is 27.7 Å². The Morgan fingerprint density at radius 1 is 1.19 bits per heavy atom. The van der Waals surface area contributed by atoms with Gasteiger partial charge >= 0.3 is 0 Å². The Labute approximate surface area is 163 Å². The van der Waals surface area contributed by atoms with E-state index in [0.29, 0.717) is 6.54 Å². The molecule has 0 atom stereocenters. The van der Waals surface area contributed by atoms with Crippen molar-refractivity contribution in [2.45, 2.75) is 28.7 Å². The molecule has 0 bridgehead atoms. The summed E-state index contributed by atoms with van der Waals surface area (Å²) in [6.45, 7) is 0.479. The largest absolute Gasteiger partial charge is 0.495 e. The van der Waals surface area contributed by atoms with Crippen LogP contribution in [0.15, 0.2) is 58.3 Å². The smallest absolute Gasteiger partial charge is 0.251 e. The van der Waals surface area contributed by atoms with Crippen LogP contribution >= 0.6 is 11.8 Å². The van der Waals surface area contributed by atoms with Crippen LogP contribution in [0.2, 0.25) is 0 Å². The Balaban J connectivity index is 1.63. The van der Waals surface area contributed by atoms with Crippen molar-refractivity contribution in [1.82, 2.24) is 10.0 Å². The molecule has 2 aromatic carbocycles. The van der Waals surface area contributed by atoms with Crippen molar-refractivity contribution in [3.8, 4) is 5.75 Å². The molecule has 0 radical (unpaired) electrons. The zero-order valence-electron chi connectivity index (χ0n) is 15.0. The number of amides is 1. The molecule has 0 unspecified atom stereocenters. The van der Waals surface area contributed by atoms with Crippen LogP contribution in [0.5, 0.6) is 5.75 Å². The normalized spacial score (nSPS) is 14.0. The summed E-state index contributed by atoms with van der Waals surface area (Å²) < 4.78 is 32.8. The van der Waals surface area contributed by atoms with Crippen LogP contribution in [0.3, 0.4) is 0 Å². The van der Waals surface area contributed by atoms with Crippen molar-refractivity contribution in [3.63, 3.8) is 0 Å². The number of nitrogens with one attached hydrogen (secondary N) is 2. The fourth-order valence-corrected chi connectivity index (χ4v) is 4.75. The van der Waals surface area contributed by atoms with Gasteiger partial charge in [0.25, 0.3) is 5.91 Å². The maximum atomic E-state index is 12.5. The number of sulfonamides is 1. The highest BCUT2D eigenvalue weighted by Crippen LogP contribution is 2.28. The van der Waals surface area contributed by atoms with Crippen molar-refractivity contribution in [3.05, 3.63) is 54.1 Å². The van der Waals surface area contributed by atoms with Crippen LogP contribution in [0.4, 0.5) is 0 Å². The molecule has 1 fully saturated rings. The summed E-state index contributed by atoms with van der Waals surface area (Å²) in [5.74, 6) is 0.633. The van der Waals surface area contributed by atoms with Crippen LogP contribution in [0.1, 0.15) is 23.2 Å². The van der Waals surface area contributed by atoms with E-state index in [0.717, 1.165) is 23.5 Å². The second-order valence-corrected chi connectivity index (χ2v) is 9.03. The molecule has 2 aromatic rings. The molecule has 1 aliphatic carbocycles. The van der Waals surface area contributed by atoms with Crippen molar-refractivity contribution in [2.24, 2.45) is 0 Å². The molecule has 1 saturated carbocycles. The third-order valence-electron chi connectivity index (χ3n) is 4.01. The van der Waals surface area contributed by atoms with Gasteiger partial charge in [0.1, 0.15) is 10.6 Å². The standard InChI is InChI=1S/C19H22N2O4S2/c1-25-17-10-7-14(13-18(17)27(23,24)21-15-8-9-15)19(22)20-11-12-26-16-5-3-2-4-6-16/h2-7,10,13,15,21H,8-9,11-12H2,1H3,(H,20,22). The van der Waals surface area contributed by atoms with Crippen molar-refractivity contribution < 1.29 is 17.9 Å². The van der Waals surface area contributed by atoms with Gasteiger partial charge in [-0.3, -0.25) is 4.79 Å². The van der Waals surface area contributed by atoms with Gasteiger partial charge in [0.15, 0.2) is 0 Å². The number of benzene rings is 2. The SMILES string of the molecule is COc1ccc(C(=O)NCCSc2ccccc2)cc1S(=O)(=O)NC1CC1. The van der Waals surface area contributed by atoms with Gasteiger partial charge in [0, 0.05) is 28.8 Å². The van der Waals surface area contributed by atoms with E-state index in [1.54, 1.807) is 17.8 Å². The van der Waals surface area contributed by atoms with E-state index in [1.807, 2.05) is 30.3 Å². The molecule has 144 valence electrons. The van der Waals surface area contributed by atoms with Crippen LogP contribution in [0, 0.1) is 0 Å². The first kappa shape index (κ1) is 19.7. The number of thioether (sulfide) groups is 1. The predicted octanol–water partition coefficient (Wildman–Crippen LogP) is 2.66. The average molecular weight is 407 g/mol. The molecule has 0 heterocycles. The number of carbonyl (C=O) groups is 1. The molecule has 2 N–H and O–H groups in total. The van der Waals surface area contributed by atoms with Crippen LogP contribution in [-0.2, 0) is 10.0 Å². The molecule has 0 spiro atoms. The lowest BCUT2D eigenvalue weighted by molar-refractivity contribution is 0.0956. The Morgan fingerprint density at radius 2 is 1.93 bits per heavy atom. The Morgan fingerprint density at radius 3 is 2.59 bits per heavy atom. The van der Waals surface area contributed by atoms with Crippen LogP contribution in [0.25, 0.3) is 0 Å². The zero-order valence-corrected chi connectivity index (χ0v) is 16.6. The first-order valence-electron chi connectivity index (χ1n) is 8.66. The second kappa shape index (κ2) is 8.77. The topological polar surface area (TPSA) is 84.5 Å². The van der Waals surface area contributed by atoms with E-state index < -0.39 is 10.0 Å². The van der Waals surface area contributed by atoms with E-state index >= 15 is 0 Å². The maximum absolute atomic E-state index is 12.5. The zero-order chi connectivity index (χ0) is 19.3. The summed E-state index contributed by atoms with van der Waals surface area (Å²) in [5, 5.41) is 2.82. The summed E-state index contributed by atoms with van der Waals surface area (Å²) in [6.07, 6.45) is 1.67. The molecule has 0 saturated heterocycles. The highest BCUT2D eigenvalue weighted by atomic mass is 32.2. The predicted molar refractivity (Wildman–Crippen MR) is 106 cm³/mol. The lowest BCUT2D eigenvalue weighted by Crippen LogP contribution is -2.28. The minimum absolute atomic E-state index is 0.0109. The first-order valence-corrected chi connectivity index (χ1v) is 11.1. The summed E-state index contributed by atoms with van der Waals surface area (Å²) in [7, 11) is -2.31. The van der Waals surface area contributed by atoms with Crippen molar-refractivity contribution in [2.75, 3.05) is 19.4 Å². The molecule has 6 nitrogen and oxygen atoms in total. The van der Waals surface area contributed by atoms with Gasteiger partial charge in [0.05, 0.1) is 7.11 Å². The fraction of sp³-hybridized carbons (Fsp3) is 0.316. The number of rotatable bonds is 9. The van der Waals surface area contributed by atoms with Crippen LogP contribution in [-0.4, -0.2) is 39.8 Å². The van der Waals surface area contributed by atoms with E-state index in [2.05, 4.69) is 10.0 Å². The molecule has 0 aliphatic heterocycles. The molecule has 1 aliphatic rings. The minimum atomic E-state index is -3.72. The van der Waals surface area contributed by atoms with Gasteiger partial charge in [-0.15, -0.1) is 11.8 Å². The molecule has 0 aromatic heterocycles. The van der Waals surface area contributed by atoms with E-state index in [4.69, 9.17) is 4.74 Å². The lowest BCUT2D eigenvalue weighted by Gasteiger charge is -2.12. The number of ether oxygens (including phenoxy) is 1. The van der Waals surface area contributed by atoms with Crippen LogP contribution < -0.4 is 14.8 Å². The monoisotopic (exact) mass is 406 g/mol. The first-order chi connectivity index (χ1) is 13.0. The van der Waals surface area contributed by atoms with Gasteiger partial charge in [0.2, 0.25) is 10.0 Å². The number of methoxy groups -OCH3 is 1. The highest BCUT2D eigenvalue weighted by Gasteiger charge is 2.30. The number of hydrogen-bond donors (Lipinski definition) is 2. The fourth-order valence-electron chi connectivity index (χ4n) is 2.46. The Bertz CT molecular complexity index is 897. The van der Waals surface area contributed by atoms with Gasteiger partial charge in [-0.2, -0.15) is 0 Å².